The lowest BCUT2D eigenvalue weighted by Crippen LogP contribution is -2.35. The molecule has 0 heterocycles. The first-order valence-corrected chi connectivity index (χ1v) is 8.86. The number of unbranched alkanes of at least 4 members (excludes halogenated alkanes) is 7. The molecule has 0 saturated heterocycles. The molecule has 0 aliphatic heterocycles. The van der Waals surface area contributed by atoms with E-state index in [1.807, 2.05) is 0 Å². The Balaban J connectivity index is 2.07. The Labute approximate surface area is 144 Å². The lowest BCUT2D eigenvalue weighted by molar-refractivity contribution is -0.136. The van der Waals surface area contributed by atoms with Crippen molar-refractivity contribution in [2.24, 2.45) is 0 Å². The third-order valence-electron chi connectivity index (χ3n) is 3.62. The van der Waals surface area contributed by atoms with Crippen LogP contribution in [0.4, 0.5) is 5.69 Å². The van der Waals surface area contributed by atoms with E-state index in [-0.39, 0.29) is 0 Å². The molecule has 0 atom stereocenters. The molecule has 0 aliphatic carbocycles. The van der Waals surface area contributed by atoms with E-state index in [0.717, 1.165) is 12.8 Å². The van der Waals surface area contributed by atoms with Gasteiger partial charge < -0.3 is 10.6 Å². The highest BCUT2D eigenvalue weighted by Gasteiger charge is 2.12. The zero-order valence-electron chi connectivity index (χ0n) is 13.9. The summed E-state index contributed by atoms with van der Waals surface area (Å²) in [6.45, 7) is 2.76. The summed E-state index contributed by atoms with van der Waals surface area (Å²) in [5.41, 5.74) is 0.557. The molecule has 0 bridgehead atoms. The Kier molecular flexibility index (Phi) is 10.1. The van der Waals surface area contributed by atoms with E-state index in [9.17, 15) is 9.59 Å². The maximum absolute atomic E-state index is 11.7. The summed E-state index contributed by atoms with van der Waals surface area (Å²) >= 11 is 5.76. The van der Waals surface area contributed by atoms with Crippen molar-refractivity contribution in [3.8, 4) is 0 Å². The number of halogens is 1. The number of amides is 2. The molecule has 0 spiro atoms. The van der Waals surface area contributed by atoms with Crippen LogP contribution in [0.3, 0.4) is 0 Å². The molecule has 1 aromatic rings. The summed E-state index contributed by atoms with van der Waals surface area (Å²) in [6, 6.07) is 6.64. The fourth-order valence-electron chi connectivity index (χ4n) is 2.26. The van der Waals surface area contributed by atoms with Crippen LogP contribution in [0.25, 0.3) is 0 Å². The molecule has 0 unspecified atom stereocenters. The number of nitrogens with one attached hydrogen (secondary N) is 2. The minimum atomic E-state index is -0.646. The van der Waals surface area contributed by atoms with Gasteiger partial charge in [0.2, 0.25) is 0 Å². The highest BCUT2D eigenvalue weighted by Crippen LogP contribution is 2.13. The Morgan fingerprint density at radius 1 is 0.870 bits per heavy atom. The van der Waals surface area contributed by atoms with E-state index in [1.54, 1.807) is 24.3 Å². The number of anilines is 1. The molecule has 5 heteroatoms. The van der Waals surface area contributed by atoms with Crippen molar-refractivity contribution in [2.45, 2.75) is 58.3 Å². The summed E-state index contributed by atoms with van der Waals surface area (Å²) < 4.78 is 0. The van der Waals surface area contributed by atoms with Crippen LogP contribution in [0.1, 0.15) is 58.3 Å². The van der Waals surface area contributed by atoms with E-state index in [4.69, 9.17) is 11.6 Å². The van der Waals surface area contributed by atoms with E-state index < -0.39 is 11.8 Å². The molecule has 0 saturated carbocycles. The summed E-state index contributed by atoms with van der Waals surface area (Å²) in [5.74, 6) is -1.24. The Hall–Kier alpha value is -1.55. The molecule has 2 N–H and O–H groups in total. The molecule has 1 aromatic carbocycles. The van der Waals surface area contributed by atoms with E-state index >= 15 is 0 Å². The smallest absolute Gasteiger partial charge is 0.313 e. The maximum Gasteiger partial charge on any atom is 0.313 e. The average molecular weight is 339 g/mol. The van der Waals surface area contributed by atoms with Gasteiger partial charge in [0.05, 0.1) is 0 Å². The Morgan fingerprint density at radius 3 is 2.04 bits per heavy atom. The Morgan fingerprint density at radius 2 is 1.43 bits per heavy atom. The molecule has 0 fully saturated rings. The van der Waals surface area contributed by atoms with Gasteiger partial charge in [0.1, 0.15) is 0 Å². The maximum atomic E-state index is 11.7. The van der Waals surface area contributed by atoms with Gasteiger partial charge in [-0.1, -0.05) is 63.5 Å². The van der Waals surface area contributed by atoms with Gasteiger partial charge in [-0.15, -0.1) is 0 Å². The molecule has 2 amide bonds. The van der Waals surface area contributed by atoms with Crippen LogP contribution in [0.15, 0.2) is 24.3 Å². The number of carbonyl (C=O) groups excluding carboxylic acids is 2. The van der Waals surface area contributed by atoms with Gasteiger partial charge in [0.25, 0.3) is 0 Å². The van der Waals surface area contributed by atoms with Gasteiger partial charge in [-0.05, 0) is 30.7 Å². The molecule has 23 heavy (non-hydrogen) atoms. The van der Waals surface area contributed by atoms with Crippen molar-refractivity contribution in [3.63, 3.8) is 0 Å². The normalized spacial score (nSPS) is 10.3. The predicted octanol–water partition coefficient (Wildman–Crippen LogP) is 4.54. The molecule has 1 rings (SSSR count). The number of hydrogen-bond donors (Lipinski definition) is 2. The van der Waals surface area contributed by atoms with Gasteiger partial charge >= 0.3 is 11.8 Å². The van der Waals surface area contributed by atoms with Crippen molar-refractivity contribution >= 4 is 29.1 Å². The third kappa shape index (κ3) is 9.24. The molecule has 0 aromatic heterocycles. The molecule has 0 radical (unpaired) electrons. The van der Waals surface area contributed by atoms with Gasteiger partial charge in [0.15, 0.2) is 0 Å². The lowest BCUT2D eigenvalue weighted by atomic mass is 10.1. The van der Waals surface area contributed by atoms with Crippen LogP contribution in [0.5, 0.6) is 0 Å². The number of rotatable bonds is 10. The van der Waals surface area contributed by atoms with E-state index in [1.165, 1.54) is 38.5 Å². The minimum absolute atomic E-state index is 0.543. The van der Waals surface area contributed by atoms with Crippen molar-refractivity contribution < 1.29 is 9.59 Å². The first-order valence-electron chi connectivity index (χ1n) is 8.48. The summed E-state index contributed by atoms with van der Waals surface area (Å²) in [6.07, 6.45) is 9.64. The first-order chi connectivity index (χ1) is 11.1. The second-order valence-corrected chi connectivity index (χ2v) is 6.13. The SMILES string of the molecule is CCCCCCCCCCNC(=O)C(=O)Nc1ccc(Cl)cc1. The second kappa shape index (κ2) is 11.9. The first kappa shape index (κ1) is 19.5. The van der Waals surface area contributed by atoms with Crippen LogP contribution in [-0.2, 0) is 9.59 Å². The summed E-state index contributed by atoms with van der Waals surface area (Å²) in [5, 5.41) is 5.77. The standard InChI is InChI=1S/C18H27ClN2O2/c1-2-3-4-5-6-7-8-9-14-20-17(22)18(23)21-16-12-10-15(19)11-13-16/h10-13H,2-9,14H2,1H3,(H,20,22)(H,21,23). The number of hydrogen-bond acceptors (Lipinski definition) is 2. The van der Waals surface area contributed by atoms with Crippen molar-refractivity contribution in [1.82, 2.24) is 5.32 Å². The van der Waals surface area contributed by atoms with Gasteiger partial charge in [-0.2, -0.15) is 0 Å². The van der Waals surface area contributed by atoms with Crippen molar-refractivity contribution in [3.05, 3.63) is 29.3 Å². The fraction of sp³-hybridized carbons (Fsp3) is 0.556. The van der Waals surface area contributed by atoms with E-state index in [0.29, 0.717) is 17.3 Å². The third-order valence-corrected chi connectivity index (χ3v) is 3.88. The second-order valence-electron chi connectivity index (χ2n) is 5.69. The Bertz CT molecular complexity index is 474. The van der Waals surface area contributed by atoms with Crippen molar-refractivity contribution in [2.75, 3.05) is 11.9 Å². The van der Waals surface area contributed by atoms with Gasteiger partial charge in [-0.3, -0.25) is 9.59 Å². The van der Waals surface area contributed by atoms with Crippen molar-refractivity contribution in [1.29, 1.82) is 0 Å². The van der Waals surface area contributed by atoms with E-state index in [2.05, 4.69) is 17.6 Å². The number of carbonyl (C=O) groups is 2. The minimum Gasteiger partial charge on any atom is -0.348 e. The molecular formula is C18H27ClN2O2. The molecular weight excluding hydrogens is 312 g/mol. The highest BCUT2D eigenvalue weighted by molar-refractivity contribution is 6.39. The quantitative estimate of drug-likeness (QED) is 0.486. The molecule has 0 aliphatic rings. The monoisotopic (exact) mass is 338 g/mol. The topological polar surface area (TPSA) is 58.2 Å². The lowest BCUT2D eigenvalue weighted by Gasteiger charge is -2.06. The molecule has 4 nitrogen and oxygen atoms in total. The summed E-state index contributed by atoms with van der Waals surface area (Å²) in [7, 11) is 0. The predicted molar refractivity (Wildman–Crippen MR) is 95.7 cm³/mol. The van der Waals surface area contributed by atoms with Gasteiger partial charge in [-0.25, -0.2) is 0 Å². The van der Waals surface area contributed by atoms with Gasteiger partial charge in [0, 0.05) is 17.3 Å². The number of benzene rings is 1. The fourth-order valence-corrected chi connectivity index (χ4v) is 2.39. The average Bonchev–Trinajstić information content (AvgIpc) is 2.55. The largest absolute Gasteiger partial charge is 0.348 e. The zero-order chi connectivity index (χ0) is 16.9. The van der Waals surface area contributed by atoms with Crippen LogP contribution in [0, 0.1) is 0 Å². The van der Waals surface area contributed by atoms with Crippen LogP contribution in [0.2, 0.25) is 5.02 Å². The van der Waals surface area contributed by atoms with Crippen LogP contribution >= 0.6 is 11.6 Å². The summed E-state index contributed by atoms with van der Waals surface area (Å²) in [4.78, 5) is 23.4. The zero-order valence-corrected chi connectivity index (χ0v) is 14.6. The molecule has 128 valence electrons. The van der Waals surface area contributed by atoms with Crippen LogP contribution < -0.4 is 10.6 Å². The highest BCUT2D eigenvalue weighted by atomic mass is 35.5. The van der Waals surface area contributed by atoms with Crippen LogP contribution in [-0.4, -0.2) is 18.4 Å².